The van der Waals surface area contributed by atoms with E-state index in [9.17, 15) is 9.59 Å². The molecule has 1 atom stereocenters. The Kier molecular flexibility index (Phi) is 5.76. The van der Waals surface area contributed by atoms with Crippen LogP contribution >= 0.6 is 11.3 Å². The third-order valence-electron chi connectivity index (χ3n) is 3.66. The van der Waals surface area contributed by atoms with Crippen molar-refractivity contribution in [3.05, 3.63) is 51.7 Å². The lowest BCUT2D eigenvalue weighted by atomic mass is 9.98. The van der Waals surface area contributed by atoms with Crippen molar-refractivity contribution in [2.75, 3.05) is 13.7 Å². The highest BCUT2D eigenvalue weighted by atomic mass is 32.1. The Morgan fingerprint density at radius 3 is 2.57 bits per heavy atom. The lowest BCUT2D eigenvalue weighted by molar-refractivity contribution is 0.0956. The molecule has 2 aromatic rings. The number of methoxy groups -OCH3 is 1. The number of hydrogen-bond donors (Lipinski definition) is 2. The average Bonchev–Trinajstić information content (AvgIpc) is 3.05. The zero-order valence-corrected chi connectivity index (χ0v) is 14.0. The van der Waals surface area contributed by atoms with Gasteiger partial charge in [0.25, 0.3) is 5.91 Å². The van der Waals surface area contributed by atoms with E-state index in [1.807, 2.05) is 24.3 Å². The maximum atomic E-state index is 12.0. The molecule has 0 spiro atoms. The van der Waals surface area contributed by atoms with Crippen LogP contribution in [0.3, 0.4) is 0 Å². The van der Waals surface area contributed by atoms with E-state index in [0.29, 0.717) is 22.9 Å². The fourth-order valence-corrected chi connectivity index (χ4v) is 2.99. The van der Waals surface area contributed by atoms with Gasteiger partial charge in [-0.2, -0.15) is 0 Å². The van der Waals surface area contributed by atoms with Crippen molar-refractivity contribution in [2.24, 2.45) is 5.73 Å². The summed E-state index contributed by atoms with van der Waals surface area (Å²) < 4.78 is 5.14. The summed E-state index contributed by atoms with van der Waals surface area (Å²) in [6.07, 6.45) is 0.826. The topological polar surface area (TPSA) is 81.4 Å². The van der Waals surface area contributed by atoms with E-state index in [4.69, 9.17) is 10.5 Å². The molecular formula is C17H20N2O3S. The summed E-state index contributed by atoms with van der Waals surface area (Å²) in [7, 11) is 1.64. The average molecular weight is 332 g/mol. The highest BCUT2D eigenvalue weighted by molar-refractivity contribution is 7.12. The van der Waals surface area contributed by atoms with Crippen LogP contribution in [-0.4, -0.2) is 25.5 Å². The number of benzene rings is 1. The Balaban J connectivity index is 1.83. The lowest BCUT2D eigenvalue weighted by Crippen LogP contribution is -2.24. The summed E-state index contributed by atoms with van der Waals surface area (Å²) in [5.41, 5.74) is 6.75. The first-order valence-electron chi connectivity index (χ1n) is 7.31. The summed E-state index contributed by atoms with van der Waals surface area (Å²) in [6.45, 7) is 2.68. The Morgan fingerprint density at radius 1 is 1.30 bits per heavy atom. The summed E-state index contributed by atoms with van der Waals surface area (Å²) >= 11 is 1.22. The Morgan fingerprint density at radius 2 is 2.00 bits per heavy atom. The van der Waals surface area contributed by atoms with Crippen LogP contribution in [0.1, 0.15) is 44.9 Å². The van der Waals surface area contributed by atoms with Gasteiger partial charge in [0.05, 0.1) is 17.6 Å². The molecule has 23 heavy (non-hydrogen) atoms. The molecule has 0 saturated carbocycles. The number of ether oxygens (including phenoxy) is 1. The normalized spacial score (nSPS) is 11.7. The zero-order chi connectivity index (χ0) is 16.8. The largest absolute Gasteiger partial charge is 0.497 e. The molecular weight excluding hydrogens is 312 g/mol. The van der Waals surface area contributed by atoms with Crippen LogP contribution in [0.25, 0.3) is 0 Å². The van der Waals surface area contributed by atoms with Gasteiger partial charge in [-0.05, 0) is 36.1 Å². The monoisotopic (exact) mass is 332 g/mol. The smallest absolute Gasteiger partial charge is 0.261 e. The molecule has 0 saturated heterocycles. The molecule has 0 unspecified atom stereocenters. The molecule has 0 aliphatic rings. The minimum atomic E-state index is -0.520. The lowest BCUT2D eigenvalue weighted by Gasteiger charge is -2.13. The summed E-state index contributed by atoms with van der Waals surface area (Å²) in [4.78, 5) is 23.5. The number of rotatable bonds is 7. The second kappa shape index (κ2) is 7.78. The third-order valence-corrected chi connectivity index (χ3v) is 4.58. The van der Waals surface area contributed by atoms with Gasteiger partial charge in [0.15, 0.2) is 0 Å². The van der Waals surface area contributed by atoms with Crippen LogP contribution in [-0.2, 0) is 0 Å². The summed E-state index contributed by atoms with van der Waals surface area (Å²) in [5.74, 6) is 0.459. The molecule has 2 amide bonds. The number of amides is 2. The van der Waals surface area contributed by atoms with Gasteiger partial charge in [0.1, 0.15) is 5.75 Å². The summed E-state index contributed by atoms with van der Waals surface area (Å²) in [6, 6.07) is 9.45. The first-order valence-corrected chi connectivity index (χ1v) is 8.19. The Labute approximate surface area is 139 Å². The Hall–Kier alpha value is -2.34. The zero-order valence-electron chi connectivity index (χ0n) is 13.2. The van der Waals surface area contributed by atoms with E-state index >= 15 is 0 Å². The van der Waals surface area contributed by atoms with Gasteiger partial charge in [0, 0.05) is 11.9 Å². The van der Waals surface area contributed by atoms with Crippen LogP contribution in [0.15, 0.2) is 35.7 Å². The van der Waals surface area contributed by atoms with Crippen LogP contribution in [0.5, 0.6) is 5.75 Å². The van der Waals surface area contributed by atoms with E-state index in [1.165, 1.54) is 23.0 Å². The molecule has 3 N–H and O–H groups in total. The number of thiophene rings is 1. The fraction of sp³-hybridized carbons (Fsp3) is 0.294. The van der Waals surface area contributed by atoms with E-state index in [-0.39, 0.29) is 5.91 Å². The van der Waals surface area contributed by atoms with Crippen molar-refractivity contribution >= 4 is 23.2 Å². The van der Waals surface area contributed by atoms with Gasteiger partial charge in [-0.1, -0.05) is 19.1 Å². The maximum Gasteiger partial charge on any atom is 0.261 e. The van der Waals surface area contributed by atoms with Crippen molar-refractivity contribution < 1.29 is 14.3 Å². The molecule has 2 rings (SSSR count). The van der Waals surface area contributed by atoms with Gasteiger partial charge in [-0.3, -0.25) is 9.59 Å². The number of nitrogens with two attached hydrogens (primary N) is 1. The van der Waals surface area contributed by atoms with Crippen LogP contribution < -0.4 is 15.8 Å². The molecule has 0 fully saturated rings. The van der Waals surface area contributed by atoms with Crippen molar-refractivity contribution in [3.63, 3.8) is 0 Å². The number of primary amides is 1. The van der Waals surface area contributed by atoms with Gasteiger partial charge in [0.2, 0.25) is 5.91 Å². The first kappa shape index (κ1) is 17.0. The van der Waals surface area contributed by atoms with Gasteiger partial charge < -0.3 is 15.8 Å². The predicted octanol–water partition coefficient (Wildman–Crippen LogP) is 2.78. The predicted molar refractivity (Wildman–Crippen MR) is 91.2 cm³/mol. The first-order chi connectivity index (χ1) is 11.0. The minimum absolute atomic E-state index is 0.176. The van der Waals surface area contributed by atoms with E-state index in [2.05, 4.69) is 12.2 Å². The standard InChI is InChI=1S/C17H20N2O3S/c1-11(12-3-5-14(22-2)6-4-12)7-8-19-17(21)15-9-13(10-23-15)16(18)20/h3-6,9-11H,7-8H2,1-2H3,(H2,18,20)(H,19,21)/t11-/m1/s1. The maximum absolute atomic E-state index is 12.0. The van der Waals surface area contributed by atoms with E-state index in [0.717, 1.165) is 12.2 Å². The SMILES string of the molecule is COc1ccc([C@H](C)CCNC(=O)c2cc(C(N)=O)cs2)cc1. The second-order valence-corrected chi connectivity index (χ2v) is 6.19. The van der Waals surface area contributed by atoms with Crippen LogP contribution in [0.4, 0.5) is 0 Å². The van der Waals surface area contributed by atoms with Gasteiger partial charge >= 0.3 is 0 Å². The van der Waals surface area contributed by atoms with Crippen LogP contribution in [0.2, 0.25) is 0 Å². The molecule has 0 bridgehead atoms. The molecule has 0 radical (unpaired) electrons. The van der Waals surface area contributed by atoms with Gasteiger partial charge in [-0.15, -0.1) is 11.3 Å². The molecule has 1 heterocycles. The third kappa shape index (κ3) is 4.56. The Bertz CT molecular complexity index is 679. The minimum Gasteiger partial charge on any atom is -0.497 e. The molecule has 1 aromatic heterocycles. The molecule has 5 nitrogen and oxygen atoms in total. The number of nitrogens with one attached hydrogen (secondary N) is 1. The quantitative estimate of drug-likeness (QED) is 0.818. The fourth-order valence-electron chi connectivity index (χ4n) is 2.17. The molecule has 0 aliphatic heterocycles. The van der Waals surface area contributed by atoms with E-state index in [1.54, 1.807) is 12.5 Å². The number of carbonyl (C=O) groups is 2. The second-order valence-electron chi connectivity index (χ2n) is 5.28. The van der Waals surface area contributed by atoms with Crippen molar-refractivity contribution in [3.8, 4) is 5.75 Å². The van der Waals surface area contributed by atoms with Crippen molar-refractivity contribution in [1.82, 2.24) is 5.32 Å². The molecule has 122 valence electrons. The summed E-state index contributed by atoms with van der Waals surface area (Å²) in [5, 5.41) is 4.46. The number of carbonyl (C=O) groups excluding carboxylic acids is 2. The highest BCUT2D eigenvalue weighted by Crippen LogP contribution is 2.21. The molecule has 0 aliphatic carbocycles. The van der Waals surface area contributed by atoms with Crippen molar-refractivity contribution in [1.29, 1.82) is 0 Å². The highest BCUT2D eigenvalue weighted by Gasteiger charge is 2.12. The van der Waals surface area contributed by atoms with E-state index < -0.39 is 5.91 Å². The molecule has 6 heteroatoms. The molecule has 1 aromatic carbocycles. The van der Waals surface area contributed by atoms with Gasteiger partial charge in [-0.25, -0.2) is 0 Å². The van der Waals surface area contributed by atoms with Crippen LogP contribution in [0, 0.1) is 0 Å². The van der Waals surface area contributed by atoms with Crippen molar-refractivity contribution in [2.45, 2.75) is 19.3 Å². The number of hydrogen-bond acceptors (Lipinski definition) is 4.